The third-order valence-corrected chi connectivity index (χ3v) is 5.79. The van der Waals surface area contributed by atoms with Gasteiger partial charge in [0.1, 0.15) is 0 Å². The lowest BCUT2D eigenvalue weighted by atomic mass is 9.92. The van der Waals surface area contributed by atoms with Crippen molar-refractivity contribution in [3.8, 4) is 0 Å². The van der Waals surface area contributed by atoms with Crippen molar-refractivity contribution >= 4 is 22.9 Å². The zero-order valence-corrected chi connectivity index (χ0v) is 15.7. The summed E-state index contributed by atoms with van der Waals surface area (Å²) in [5, 5.41) is 7.00. The Bertz CT molecular complexity index is 727. The standard InChI is InChI=1S/C19H31N7/c1-2-11-21-17-16-18(26(12-22-16)15-5-3-4-6-15)25-19(24-17)23-14-9-7-13(20)8-10-14/h12-15H,2-11,20H2,1H3,(H2,21,23,24,25)/t13-,14-. The van der Waals surface area contributed by atoms with E-state index in [-0.39, 0.29) is 0 Å². The van der Waals surface area contributed by atoms with Crippen LogP contribution in [-0.2, 0) is 0 Å². The number of hydrogen-bond donors (Lipinski definition) is 3. The zero-order chi connectivity index (χ0) is 17.9. The molecule has 2 fully saturated rings. The molecule has 0 spiro atoms. The molecule has 0 radical (unpaired) electrons. The highest BCUT2D eigenvalue weighted by Crippen LogP contribution is 2.33. The van der Waals surface area contributed by atoms with Gasteiger partial charge in [0.15, 0.2) is 17.0 Å². The van der Waals surface area contributed by atoms with Crippen molar-refractivity contribution in [2.24, 2.45) is 5.73 Å². The van der Waals surface area contributed by atoms with Gasteiger partial charge in [-0.1, -0.05) is 19.8 Å². The number of anilines is 2. The molecule has 2 aromatic heterocycles. The van der Waals surface area contributed by atoms with E-state index in [0.29, 0.717) is 18.1 Å². The Morgan fingerprint density at radius 3 is 2.62 bits per heavy atom. The maximum absolute atomic E-state index is 6.04. The third kappa shape index (κ3) is 3.63. The SMILES string of the molecule is CCCNc1nc(N[C@H]2CC[C@H](N)CC2)nc2c1ncn2C1CCCC1. The van der Waals surface area contributed by atoms with Gasteiger partial charge in [0.2, 0.25) is 5.95 Å². The minimum Gasteiger partial charge on any atom is -0.368 e. The maximum atomic E-state index is 6.04. The van der Waals surface area contributed by atoms with Crippen LogP contribution in [-0.4, -0.2) is 38.1 Å². The van der Waals surface area contributed by atoms with Gasteiger partial charge < -0.3 is 20.9 Å². The summed E-state index contributed by atoms with van der Waals surface area (Å²) in [5.74, 6) is 1.57. The van der Waals surface area contributed by atoms with Gasteiger partial charge in [-0.25, -0.2) is 4.98 Å². The third-order valence-electron chi connectivity index (χ3n) is 5.79. The van der Waals surface area contributed by atoms with E-state index in [1.807, 2.05) is 6.33 Å². The Hall–Kier alpha value is -1.89. The lowest BCUT2D eigenvalue weighted by molar-refractivity contribution is 0.410. The normalized spacial score (nSPS) is 24.2. The number of imidazole rings is 1. The van der Waals surface area contributed by atoms with Crippen LogP contribution in [0.25, 0.3) is 11.2 Å². The van der Waals surface area contributed by atoms with Crippen LogP contribution in [0, 0.1) is 0 Å². The van der Waals surface area contributed by atoms with Gasteiger partial charge in [-0.15, -0.1) is 0 Å². The number of fused-ring (bicyclic) bond motifs is 1. The Morgan fingerprint density at radius 1 is 1.12 bits per heavy atom. The quantitative estimate of drug-likeness (QED) is 0.733. The minimum absolute atomic E-state index is 0.349. The van der Waals surface area contributed by atoms with Gasteiger partial charge in [-0.05, 0) is 44.9 Å². The average Bonchev–Trinajstić information content (AvgIpc) is 3.31. The van der Waals surface area contributed by atoms with Crippen molar-refractivity contribution in [1.29, 1.82) is 0 Å². The van der Waals surface area contributed by atoms with E-state index in [9.17, 15) is 0 Å². The van der Waals surface area contributed by atoms with E-state index >= 15 is 0 Å². The molecule has 2 aliphatic rings. The summed E-state index contributed by atoms with van der Waals surface area (Å²) in [7, 11) is 0. The monoisotopic (exact) mass is 357 g/mol. The van der Waals surface area contributed by atoms with Gasteiger partial charge in [0.05, 0.1) is 6.33 Å². The molecule has 0 saturated heterocycles. The summed E-state index contributed by atoms with van der Waals surface area (Å²) in [4.78, 5) is 14.3. The van der Waals surface area contributed by atoms with E-state index in [4.69, 9.17) is 15.7 Å². The largest absolute Gasteiger partial charge is 0.368 e. The molecule has 7 heteroatoms. The topological polar surface area (TPSA) is 93.7 Å². The van der Waals surface area contributed by atoms with Gasteiger partial charge in [-0.2, -0.15) is 9.97 Å². The van der Waals surface area contributed by atoms with Crippen molar-refractivity contribution in [1.82, 2.24) is 19.5 Å². The van der Waals surface area contributed by atoms with Crippen LogP contribution in [0.15, 0.2) is 6.33 Å². The van der Waals surface area contributed by atoms with E-state index in [1.54, 1.807) is 0 Å². The molecule has 4 rings (SSSR count). The van der Waals surface area contributed by atoms with Gasteiger partial charge in [-0.3, -0.25) is 0 Å². The highest BCUT2D eigenvalue weighted by atomic mass is 15.2. The number of nitrogens with zero attached hydrogens (tertiary/aromatic N) is 4. The smallest absolute Gasteiger partial charge is 0.227 e. The number of nitrogens with two attached hydrogens (primary N) is 1. The molecule has 2 aromatic rings. The van der Waals surface area contributed by atoms with Crippen molar-refractivity contribution in [3.63, 3.8) is 0 Å². The molecule has 0 aliphatic heterocycles. The molecular formula is C19H31N7. The second kappa shape index (κ2) is 7.78. The summed E-state index contributed by atoms with van der Waals surface area (Å²) in [5.41, 5.74) is 7.89. The van der Waals surface area contributed by atoms with E-state index < -0.39 is 0 Å². The van der Waals surface area contributed by atoms with Crippen molar-refractivity contribution in [3.05, 3.63) is 6.33 Å². The van der Waals surface area contributed by atoms with Gasteiger partial charge in [0.25, 0.3) is 0 Å². The van der Waals surface area contributed by atoms with Crippen LogP contribution in [0.4, 0.5) is 11.8 Å². The number of aromatic nitrogens is 4. The fourth-order valence-electron chi connectivity index (χ4n) is 4.24. The van der Waals surface area contributed by atoms with Crippen molar-refractivity contribution in [2.75, 3.05) is 17.2 Å². The summed E-state index contributed by atoms with van der Waals surface area (Å²) >= 11 is 0. The first kappa shape index (κ1) is 17.5. The molecule has 26 heavy (non-hydrogen) atoms. The molecular weight excluding hydrogens is 326 g/mol. The summed E-state index contributed by atoms with van der Waals surface area (Å²) in [6.07, 6.45) is 12.3. The van der Waals surface area contributed by atoms with E-state index in [0.717, 1.165) is 61.6 Å². The Kier molecular flexibility index (Phi) is 5.24. The molecule has 2 heterocycles. The number of nitrogens with one attached hydrogen (secondary N) is 2. The summed E-state index contributed by atoms with van der Waals surface area (Å²) in [6, 6.07) is 1.28. The van der Waals surface area contributed by atoms with E-state index in [1.165, 1.54) is 25.7 Å². The van der Waals surface area contributed by atoms with Crippen molar-refractivity contribution < 1.29 is 0 Å². The first-order valence-corrected chi connectivity index (χ1v) is 10.2. The van der Waals surface area contributed by atoms with Gasteiger partial charge >= 0.3 is 0 Å². The molecule has 142 valence electrons. The first-order valence-electron chi connectivity index (χ1n) is 10.2. The predicted molar refractivity (Wildman–Crippen MR) is 105 cm³/mol. The molecule has 0 bridgehead atoms. The fraction of sp³-hybridized carbons (Fsp3) is 0.737. The van der Waals surface area contributed by atoms with Gasteiger partial charge in [0, 0.05) is 24.7 Å². The number of rotatable bonds is 6. The second-order valence-corrected chi connectivity index (χ2v) is 7.84. The molecule has 2 aliphatic carbocycles. The maximum Gasteiger partial charge on any atom is 0.227 e. The van der Waals surface area contributed by atoms with Crippen LogP contribution in [0.2, 0.25) is 0 Å². The van der Waals surface area contributed by atoms with E-state index in [2.05, 4.69) is 27.1 Å². The molecule has 0 atom stereocenters. The highest BCUT2D eigenvalue weighted by molar-refractivity contribution is 5.84. The molecule has 0 amide bonds. The van der Waals surface area contributed by atoms with Crippen LogP contribution in [0.3, 0.4) is 0 Å². The number of hydrogen-bond acceptors (Lipinski definition) is 6. The second-order valence-electron chi connectivity index (χ2n) is 7.84. The zero-order valence-electron chi connectivity index (χ0n) is 15.7. The highest BCUT2D eigenvalue weighted by Gasteiger charge is 2.23. The van der Waals surface area contributed by atoms with Crippen LogP contribution >= 0.6 is 0 Å². The Morgan fingerprint density at radius 2 is 1.88 bits per heavy atom. The van der Waals surface area contributed by atoms with Crippen LogP contribution in [0.5, 0.6) is 0 Å². The minimum atomic E-state index is 0.349. The molecule has 0 aromatic carbocycles. The summed E-state index contributed by atoms with van der Waals surface area (Å²) < 4.78 is 2.27. The van der Waals surface area contributed by atoms with Crippen molar-refractivity contribution in [2.45, 2.75) is 82.8 Å². The molecule has 2 saturated carbocycles. The molecule has 0 unspecified atom stereocenters. The lowest BCUT2D eigenvalue weighted by Crippen LogP contribution is -2.33. The van der Waals surface area contributed by atoms with Crippen LogP contribution in [0.1, 0.15) is 70.8 Å². The summed E-state index contributed by atoms with van der Waals surface area (Å²) in [6.45, 7) is 3.05. The fourth-order valence-corrected chi connectivity index (χ4v) is 4.24. The Labute approximate surface area is 155 Å². The van der Waals surface area contributed by atoms with Crippen LogP contribution < -0.4 is 16.4 Å². The first-order chi connectivity index (χ1) is 12.7. The Balaban J connectivity index is 1.64. The predicted octanol–water partition coefficient (Wildman–Crippen LogP) is 3.45. The average molecular weight is 358 g/mol. The molecule has 7 nitrogen and oxygen atoms in total. The lowest BCUT2D eigenvalue weighted by Gasteiger charge is -2.27. The molecule has 4 N–H and O–H groups in total.